The van der Waals surface area contributed by atoms with E-state index in [-0.39, 0.29) is 18.7 Å². The van der Waals surface area contributed by atoms with Gasteiger partial charge in [-0.05, 0) is 46.2 Å². The Morgan fingerprint density at radius 1 is 1.43 bits per heavy atom. The zero-order chi connectivity index (χ0) is 15.9. The number of rotatable bonds is 8. The van der Waals surface area contributed by atoms with Gasteiger partial charge in [-0.1, -0.05) is 0 Å². The van der Waals surface area contributed by atoms with Gasteiger partial charge in [-0.15, -0.1) is 0 Å². The summed E-state index contributed by atoms with van der Waals surface area (Å²) in [5, 5.41) is 15.6. The number of carbonyl (C=O) groups is 1. The minimum absolute atomic E-state index is 0.0777. The number of ether oxygens (including phenoxy) is 1. The van der Waals surface area contributed by atoms with E-state index in [0.29, 0.717) is 18.9 Å². The number of furan rings is 1. The van der Waals surface area contributed by atoms with E-state index in [9.17, 15) is 9.90 Å². The molecule has 0 fully saturated rings. The molecule has 1 heterocycles. The molecule has 1 aromatic heterocycles. The topological polar surface area (TPSA) is 83.7 Å². The smallest absolute Gasteiger partial charge is 0.314 e. The third-order valence-electron chi connectivity index (χ3n) is 2.92. The monoisotopic (exact) mass is 298 g/mol. The summed E-state index contributed by atoms with van der Waals surface area (Å²) < 4.78 is 10.8. The van der Waals surface area contributed by atoms with Crippen LogP contribution in [0.3, 0.4) is 0 Å². The molecule has 0 radical (unpaired) electrons. The van der Waals surface area contributed by atoms with Crippen molar-refractivity contribution in [2.75, 3.05) is 19.7 Å². The average molecular weight is 298 g/mol. The van der Waals surface area contributed by atoms with Crippen molar-refractivity contribution >= 4 is 6.03 Å². The predicted octanol–water partition coefficient (Wildman–Crippen LogP) is 1.91. The molecule has 0 aliphatic heterocycles. The molecule has 2 amide bonds. The Bertz CT molecular complexity index is 441. The van der Waals surface area contributed by atoms with Crippen LogP contribution in [0.2, 0.25) is 0 Å². The van der Waals surface area contributed by atoms with Crippen LogP contribution in [0.15, 0.2) is 16.5 Å². The van der Waals surface area contributed by atoms with Crippen molar-refractivity contribution in [3.63, 3.8) is 0 Å². The number of amides is 2. The summed E-state index contributed by atoms with van der Waals surface area (Å²) in [5.41, 5.74) is -1.23. The summed E-state index contributed by atoms with van der Waals surface area (Å²) in [6, 6.07) is 3.17. The number of nitrogens with one attached hydrogen (secondary N) is 2. The van der Waals surface area contributed by atoms with Gasteiger partial charge in [0.05, 0.1) is 12.6 Å². The number of urea groups is 1. The second-order valence-corrected chi connectivity index (χ2v) is 5.57. The van der Waals surface area contributed by atoms with Gasteiger partial charge in [-0.25, -0.2) is 4.79 Å². The molecule has 0 aliphatic rings. The fraction of sp³-hybridized carbons (Fsp3) is 0.667. The molecular formula is C15H26N2O4. The number of carbonyl (C=O) groups excluding carboxylic acids is 1. The van der Waals surface area contributed by atoms with E-state index in [0.717, 1.165) is 12.2 Å². The van der Waals surface area contributed by atoms with Crippen LogP contribution in [0.5, 0.6) is 0 Å². The van der Waals surface area contributed by atoms with Gasteiger partial charge >= 0.3 is 6.03 Å². The van der Waals surface area contributed by atoms with Crippen LogP contribution in [0.25, 0.3) is 0 Å². The van der Waals surface area contributed by atoms with Gasteiger partial charge in [-0.2, -0.15) is 0 Å². The molecule has 1 aromatic rings. The predicted molar refractivity (Wildman–Crippen MR) is 80.1 cm³/mol. The Labute approximate surface area is 125 Å². The Morgan fingerprint density at radius 2 is 2.14 bits per heavy atom. The quantitative estimate of drug-likeness (QED) is 0.640. The van der Waals surface area contributed by atoms with Crippen LogP contribution in [0, 0.1) is 6.92 Å². The fourth-order valence-corrected chi connectivity index (χ4v) is 1.72. The number of aryl methyl sites for hydroxylation is 1. The average Bonchev–Trinajstić information content (AvgIpc) is 2.83. The summed E-state index contributed by atoms with van der Waals surface area (Å²) in [5.74, 6) is 1.16. The molecule has 0 bridgehead atoms. The van der Waals surface area contributed by atoms with Gasteiger partial charge in [0.2, 0.25) is 0 Å². The number of hydrogen-bond acceptors (Lipinski definition) is 4. The van der Waals surface area contributed by atoms with Crippen molar-refractivity contribution in [3.05, 3.63) is 23.7 Å². The van der Waals surface area contributed by atoms with Gasteiger partial charge in [0.15, 0.2) is 0 Å². The van der Waals surface area contributed by atoms with E-state index in [1.807, 2.05) is 13.8 Å². The molecule has 3 N–H and O–H groups in total. The second-order valence-electron chi connectivity index (χ2n) is 5.57. The van der Waals surface area contributed by atoms with Gasteiger partial charge in [0.1, 0.15) is 17.1 Å². The third-order valence-corrected chi connectivity index (χ3v) is 2.92. The lowest BCUT2D eigenvalue weighted by atomic mass is 10.0. The van der Waals surface area contributed by atoms with Crippen LogP contribution >= 0.6 is 0 Å². The summed E-state index contributed by atoms with van der Waals surface area (Å²) in [6.07, 6.45) is 0.949. The maximum Gasteiger partial charge on any atom is 0.314 e. The lowest BCUT2D eigenvalue weighted by Crippen LogP contribution is -2.43. The molecule has 1 atom stereocenters. The van der Waals surface area contributed by atoms with E-state index in [1.165, 1.54) is 0 Å². The molecule has 1 rings (SSSR count). The minimum Gasteiger partial charge on any atom is -0.463 e. The molecule has 0 saturated heterocycles. The highest BCUT2D eigenvalue weighted by atomic mass is 16.5. The van der Waals surface area contributed by atoms with Gasteiger partial charge in [-0.3, -0.25) is 0 Å². The third kappa shape index (κ3) is 6.64. The van der Waals surface area contributed by atoms with Crippen LogP contribution in [0.1, 0.15) is 38.7 Å². The molecule has 21 heavy (non-hydrogen) atoms. The van der Waals surface area contributed by atoms with Crippen molar-refractivity contribution in [1.82, 2.24) is 10.6 Å². The molecule has 0 aromatic carbocycles. The van der Waals surface area contributed by atoms with Crippen LogP contribution in [-0.2, 0) is 10.3 Å². The van der Waals surface area contributed by atoms with Crippen molar-refractivity contribution in [2.45, 2.75) is 45.8 Å². The zero-order valence-corrected chi connectivity index (χ0v) is 13.2. The maximum absolute atomic E-state index is 11.6. The van der Waals surface area contributed by atoms with E-state index in [2.05, 4.69) is 10.6 Å². The van der Waals surface area contributed by atoms with Crippen LogP contribution in [-0.4, -0.2) is 36.9 Å². The maximum atomic E-state index is 11.6. The highest BCUT2D eigenvalue weighted by molar-refractivity contribution is 5.73. The largest absolute Gasteiger partial charge is 0.463 e. The standard InChI is InChI=1S/C15H26N2O4/c1-11(2)20-9-5-8-16-14(18)17-10-15(4,19)13-7-6-12(3)21-13/h6-7,11,19H,5,8-10H2,1-4H3,(H2,16,17,18). The molecule has 120 valence electrons. The first-order valence-electron chi connectivity index (χ1n) is 7.24. The van der Waals surface area contributed by atoms with Gasteiger partial charge in [0, 0.05) is 13.2 Å². The molecule has 6 heteroatoms. The normalized spacial score (nSPS) is 14.0. The summed E-state index contributed by atoms with van der Waals surface area (Å²) in [6.45, 7) is 8.56. The van der Waals surface area contributed by atoms with E-state index in [4.69, 9.17) is 9.15 Å². The number of aliphatic hydroxyl groups is 1. The van der Waals surface area contributed by atoms with Crippen LogP contribution < -0.4 is 10.6 Å². The van der Waals surface area contributed by atoms with E-state index >= 15 is 0 Å². The summed E-state index contributed by atoms with van der Waals surface area (Å²) in [4.78, 5) is 11.6. The van der Waals surface area contributed by atoms with Crippen molar-refractivity contribution in [3.8, 4) is 0 Å². The Balaban J connectivity index is 2.23. The molecule has 0 spiro atoms. The molecule has 0 aliphatic carbocycles. The Hall–Kier alpha value is -1.53. The summed E-state index contributed by atoms with van der Waals surface area (Å²) >= 11 is 0. The van der Waals surface area contributed by atoms with Crippen molar-refractivity contribution in [1.29, 1.82) is 0 Å². The number of hydrogen-bond donors (Lipinski definition) is 3. The van der Waals surface area contributed by atoms with Crippen molar-refractivity contribution in [2.24, 2.45) is 0 Å². The lowest BCUT2D eigenvalue weighted by Gasteiger charge is -2.21. The highest BCUT2D eigenvalue weighted by Gasteiger charge is 2.27. The molecule has 6 nitrogen and oxygen atoms in total. The first-order chi connectivity index (χ1) is 9.81. The van der Waals surface area contributed by atoms with Crippen LogP contribution in [0.4, 0.5) is 4.79 Å². The SMILES string of the molecule is Cc1ccc(C(C)(O)CNC(=O)NCCCOC(C)C)o1. The Morgan fingerprint density at radius 3 is 2.71 bits per heavy atom. The fourth-order valence-electron chi connectivity index (χ4n) is 1.72. The Kier molecular flexibility index (Phi) is 6.71. The van der Waals surface area contributed by atoms with E-state index in [1.54, 1.807) is 26.0 Å². The van der Waals surface area contributed by atoms with Gasteiger partial charge in [0.25, 0.3) is 0 Å². The van der Waals surface area contributed by atoms with Gasteiger partial charge < -0.3 is 24.9 Å². The zero-order valence-electron chi connectivity index (χ0n) is 13.2. The second kappa shape index (κ2) is 8.05. The first-order valence-corrected chi connectivity index (χ1v) is 7.24. The van der Waals surface area contributed by atoms with Crippen molar-refractivity contribution < 1.29 is 19.1 Å². The first kappa shape index (κ1) is 17.5. The molecular weight excluding hydrogens is 272 g/mol. The lowest BCUT2D eigenvalue weighted by molar-refractivity contribution is 0.0359. The highest BCUT2D eigenvalue weighted by Crippen LogP contribution is 2.21. The van der Waals surface area contributed by atoms with E-state index < -0.39 is 5.60 Å². The molecule has 1 unspecified atom stereocenters. The summed E-state index contributed by atoms with van der Waals surface area (Å²) in [7, 11) is 0. The molecule has 0 saturated carbocycles. The minimum atomic E-state index is -1.23.